The summed E-state index contributed by atoms with van der Waals surface area (Å²) in [7, 11) is 0. The normalized spacial score (nSPS) is 29.8. The molecule has 0 aromatic rings. The molecule has 0 radical (unpaired) electrons. The molecule has 2 rings (SSSR count). The minimum Gasteiger partial charge on any atom is -0.0914 e. The zero-order chi connectivity index (χ0) is 22.5. The molecule has 0 heteroatoms. The molecule has 0 aromatic carbocycles. The molecule has 0 aliphatic heterocycles. The Morgan fingerprint density at radius 3 is 2.74 bits per heavy atom. The molecule has 2 aliphatic rings. The first-order valence-electron chi connectivity index (χ1n) is 12.9. The third-order valence-corrected chi connectivity index (χ3v) is 7.17. The van der Waals surface area contributed by atoms with E-state index in [-0.39, 0.29) is 0 Å². The van der Waals surface area contributed by atoms with Crippen LogP contribution >= 0.6 is 0 Å². The van der Waals surface area contributed by atoms with Crippen LogP contribution in [0.2, 0.25) is 0 Å². The van der Waals surface area contributed by atoms with Crippen LogP contribution in [0.4, 0.5) is 0 Å². The van der Waals surface area contributed by atoms with Crippen molar-refractivity contribution >= 4 is 0 Å². The van der Waals surface area contributed by atoms with Crippen molar-refractivity contribution in [3.8, 4) is 0 Å². The molecule has 0 heterocycles. The van der Waals surface area contributed by atoms with Gasteiger partial charge >= 0.3 is 0 Å². The van der Waals surface area contributed by atoms with Crippen LogP contribution in [0.15, 0.2) is 71.9 Å². The van der Waals surface area contributed by atoms with Crippen LogP contribution in [-0.2, 0) is 0 Å². The van der Waals surface area contributed by atoms with Crippen LogP contribution in [-0.4, -0.2) is 0 Å². The summed E-state index contributed by atoms with van der Waals surface area (Å²) in [5, 5.41) is 0. The summed E-state index contributed by atoms with van der Waals surface area (Å²) in [4.78, 5) is 0. The van der Waals surface area contributed by atoms with Gasteiger partial charge in [0.25, 0.3) is 0 Å². The van der Waals surface area contributed by atoms with Crippen LogP contribution in [0.25, 0.3) is 0 Å². The smallest absolute Gasteiger partial charge is 0.0196 e. The van der Waals surface area contributed by atoms with Gasteiger partial charge < -0.3 is 0 Å². The van der Waals surface area contributed by atoms with E-state index in [0.717, 1.165) is 30.1 Å². The van der Waals surface area contributed by atoms with Crippen molar-refractivity contribution in [1.82, 2.24) is 0 Å². The van der Waals surface area contributed by atoms with Crippen molar-refractivity contribution in [1.29, 1.82) is 0 Å². The van der Waals surface area contributed by atoms with Gasteiger partial charge in [0.15, 0.2) is 0 Å². The van der Waals surface area contributed by atoms with Crippen LogP contribution in [0, 0.1) is 29.6 Å². The second-order valence-corrected chi connectivity index (χ2v) is 10.4. The highest BCUT2D eigenvalue weighted by molar-refractivity contribution is 5.20. The average Bonchev–Trinajstić information content (AvgIpc) is 3.01. The molecule has 0 amide bonds. The van der Waals surface area contributed by atoms with Crippen molar-refractivity contribution in [3.05, 3.63) is 71.9 Å². The number of rotatable bonds is 9. The lowest BCUT2D eigenvalue weighted by molar-refractivity contribution is 0.232. The summed E-state index contributed by atoms with van der Waals surface area (Å²) >= 11 is 0. The Labute approximate surface area is 194 Å². The molecule has 0 aromatic heterocycles. The zero-order valence-corrected chi connectivity index (χ0v) is 21.0. The molecule has 2 aliphatic carbocycles. The Bertz CT molecular complexity index is 681. The highest BCUT2D eigenvalue weighted by Crippen LogP contribution is 2.36. The van der Waals surface area contributed by atoms with E-state index in [1.165, 1.54) is 62.5 Å². The molecular weight excluding hydrogens is 372 g/mol. The van der Waals surface area contributed by atoms with Crippen LogP contribution in [0.5, 0.6) is 0 Å². The van der Waals surface area contributed by atoms with E-state index in [9.17, 15) is 0 Å². The Kier molecular flexibility index (Phi) is 12.0. The van der Waals surface area contributed by atoms with Gasteiger partial charge in [-0.2, -0.15) is 0 Å². The van der Waals surface area contributed by atoms with Gasteiger partial charge in [-0.3, -0.25) is 0 Å². The summed E-state index contributed by atoms with van der Waals surface area (Å²) in [5.74, 6) is 3.82. The molecule has 1 saturated carbocycles. The molecule has 0 saturated heterocycles. The molecule has 5 unspecified atom stereocenters. The molecule has 1 fully saturated rings. The summed E-state index contributed by atoms with van der Waals surface area (Å²) < 4.78 is 0. The first kappa shape index (κ1) is 25.7. The minimum absolute atomic E-state index is 0.588. The molecule has 0 bridgehead atoms. The van der Waals surface area contributed by atoms with E-state index in [2.05, 4.69) is 95.4 Å². The van der Waals surface area contributed by atoms with Gasteiger partial charge in [0.05, 0.1) is 0 Å². The Balaban J connectivity index is 1.75. The maximum absolute atomic E-state index is 2.44. The topological polar surface area (TPSA) is 0 Å². The lowest BCUT2D eigenvalue weighted by Gasteiger charge is -2.32. The van der Waals surface area contributed by atoms with Gasteiger partial charge in [0.2, 0.25) is 0 Å². The maximum Gasteiger partial charge on any atom is -0.0196 e. The number of hydrogen-bond donors (Lipinski definition) is 0. The van der Waals surface area contributed by atoms with Crippen molar-refractivity contribution in [2.75, 3.05) is 0 Å². The predicted molar refractivity (Wildman–Crippen MR) is 140 cm³/mol. The van der Waals surface area contributed by atoms with Crippen molar-refractivity contribution in [3.63, 3.8) is 0 Å². The molecule has 0 spiro atoms. The zero-order valence-electron chi connectivity index (χ0n) is 21.0. The predicted octanol–water partition coefficient (Wildman–Crippen LogP) is 9.78. The fraction of sp³-hybridized carbons (Fsp3) is 0.613. The maximum atomic E-state index is 2.44. The van der Waals surface area contributed by atoms with E-state index in [0.29, 0.717) is 5.92 Å². The van der Waals surface area contributed by atoms with Crippen molar-refractivity contribution in [2.24, 2.45) is 29.6 Å². The Morgan fingerprint density at radius 1 is 1.10 bits per heavy atom. The van der Waals surface area contributed by atoms with Crippen LogP contribution in [0.3, 0.4) is 0 Å². The first-order valence-corrected chi connectivity index (χ1v) is 12.9. The highest BCUT2D eigenvalue weighted by atomic mass is 14.3. The molecular formula is C31H48. The summed E-state index contributed by atoms with van der Waals surface area (Å²) in [6.45, 7) is 11.5. The fourth-order valence-electron chi connectivity index (χ4n) is 5.29. The second-order valence-electron chi connectivity index (χ2n) is 10.4. The summed E-state index contributed by atoms with van der Waals surface area (Å²) in [5.41, 5.74) is 2.89. The fourth-order valence-corrected chi connectivity index (χ4v) is 5.29. The molecule has 31 heavy (non-hydrogen) atoms. The third kappa shape index (κ3) is 10.5. The van der Waals surface area contributed by atoms with E-state index in [1.54, 1.807) is 0 Å². The van der Waals surface area contributed by atoms with Gasteiger partial charge in [0.1, 0.15) is 0 Å². The molecule has 0 N–H and O–H groups in total. The van der Waals surface area contributed by atoms with Gasteiger partial charge in [0, 0.05) is 0 Å². The van der Waals surface area contributed by atoms with Crippen LogP contribution < -0.4 is 0 Å². The van der Waals surface area contributed by atoms with Gasteiger partial charge in [-0.15, -0.1) is 0 Å². The second kappa shape index (κ2) is 14.5. The van der Waals surface area contributed by atoms with Gasteiger partial charge in [-0.1, -0.05) is 85.8 Å². The largest absolute Gasteiger partial charge is 0.0914 e. The number of hydrogen-bond acceptors (Lipinski definition) is 0. The van der Waals surface area contributed by atoms with Gasteiger partial charge in [-0.25, -0.2) is 0 Å². The molecule has 5 atom stereocenters. The molecule has 172 valence electrons. The standard InChI is InChI=1S/C31H48/c1-6-13-31-24-30(21-19-28(31)5)17-12-11-14-25(2)22-27(4)23-26(3)18-20-29-15-9-7-8-10-16-29/h6-7,9,11-14,18,20,23,27-31H,8,10,15-17,19,21-22,24H2,1-5H3/b12-11+,13-6+,20-18+,25-14+,26-23-. The Morgan fingerprint density at radius 2 is 1.94 bits per heavy atom. The van der Waals surface area contributed by atoms with E-state index in [4.69, 9.17) is 0 Å². The first-order chi connectivity index (χ1) is 15.0. The lowest BCUT2D eigenvalue weighted by atomic mass is 9.74. The monoisotopic (exact) mass is 420 g/mol. The lowest BCUT2D eigenvalue weighted by Crippen LogP contribution is -2.21. The number of allylic oxidation sites excluding steroid dienone is 12. The Hall–Kier alpha value is -1.56. The summed E-state index contributed by atoms with van der Waals surface area (Å²) in [6, 6.07) is 0. The molecule has 0 nitrogen and oxygen atoms in total. The van der Waals surface area contributed by atoms with Crippen molar-refractivity contribution in [2.45, 2.75) is 92.4 Å². The van der Waals surface area contributed by atoms with E-state index in [1.807, 2.05) is 0 Å². The highest BCUT2D eigenvalue weighted by Gasteiger charge is 2.24. The third-order valence-electron chi connectivity index (χ3n) is 7.17. The van der Waals surface area contributed by atoms with E-state index >= 15 is 0 Å². The van der Waals surface area contributed by atoms with Crippen molar-refractivity contribution < 1.29 is 0 Å². The van der Waals surface area contributed by atoms with Gasteiger partial charge in [-0.05, 0) is 108 Å². The summed E-state index contributed by atoms with van der Waals surface area (Å²) in [6.07, 6.45) is 35.3. The quantitative estimate of drug-likeness (QED) is 0.257. The average molecular weight is 421 g/mol. The SMILES string of the molecule is C/C=C/C1CC(C/C=C/C=C(\C)CC(C)/C=C(C)\C=C\C2CC=CCCC2)CCC1C. The minimum atomic E-state index is 0.588. The van der Waals surface area contributed by atoms with E-state index < -0.39 is 0 Å². The van der Waals surface area contributed by atoms with Crippen LogP contribution in [0.1, 0.15) is 92.4 Å².